The first-order chi connectivity index (χ1) is 19.3. The first-order valence-electron chi connectivity index (χ1n) is 13.6. The average Bonchev–Trinajstić information content (AvgIpc) is 3.30. The van der Waals surface area contributed by atoms with E-state index in [0.29, 0.717) is 29.9 Å². The van der Waals surface area contributed by atoms with Gasteiger partial charge in [-0.2, -0.15) is 0 Å². The lowest BCUT2D eigenvalue weighted by Crippen LogP contribution is -2.43. The second-order valence-corrected chi connectivity index (χ2v) is 12.1. The van der Waals surface area contributed by atoms with Gasteiger partial charge >= 0.3 is 0 Å². The van der Waals surface area contributed by atoms with Crippen LogP contribution in [0.2, 0.25) is 0 Å². The van der Waals surface area contributed by atoms with E-state index < -0.39 is 15.9 Å². The van der Waals surface area contributed by atoms with Crippen LogP contribution in [0.3, 0.4) is 0 Å². The fourth-order valence-electron chi connectivity index (χ4n) is 5.07. The fraction of sp³-hybridized carbons (Fsp3) is 0.333. The maximum absolute atomic E-state index is 13.4. The average molecular weight is 561 g/mol. The highest BCUT2D eigenvalue weighted by Gasteiger charge is 2.36. The van der Waals surface area contributed by atoms with Gasteiger partial charge in [0.05, 0.1) is 16.3 Å². The van der Waals surface area contributed by atoms with Crippen molar-refractivity contribution in [2.45, 2.75) is 17.2 Å². The summed E-state index contributed by atoms with van der Waals surface area (Å²) in [5.74, 6) is -0.988. The van der Waals surface area contributed by atoms with Crippen LogP contribution in [0, 0.1) is 0 Å². The van der Waals surface area contributed by atoms with E-state index in [1.54, 1.807) is 12.1 Å². The summed E-state index contributed by atoms with van der Waals surface area (Å²) in [6.07, 6.45) is 0.693. The van der Waals surface area contributed by atoms with Crippen molar-refractivity contribution in [2.24, 2.45) is 4.99 Å². The maximum atomic E-state index is 13.4. The molecule has 9 nitrogen and oxygen atoms in total. The van der Waals surface area contributed by atoms with E-state index in [2.05, 4.69) is 32.4 Å². The van der Waals surface area contributed by atoms with E-state index in [9.17, 15) is 13.2 Å². The van der Waals surface area contributed by atoms with Gasteiger partial charge in [-0.3, -0.25) is 9.79 Å². The Labute approximate surface area is 236 Å². The minimum absolute atomic E-state index is 0.130. The van der Waals surface area contributed by atoms with Crippen molar-refractivity contribution in [1.82, 2.24) is 14.9 Å². The monoisotopic (exact) mass is 560 g/mol. The number of rotatable bonds is 10. The van der Waals surface area contributed by atoms with Crippen LogP contribution in [0.15, 0.2) is 82.7 Å². The quantitative estimate of drug-likeness (QED) is 0.260. The number of sulfonamides is 1. The summed E-state index contributed by atoms with van der Waals surface area (Å²) in [5.41, 5.74) is 4.43. The van der Waals surface area contributed by atoms with Crippen molar-refractivity contribution in [3.8, 4) is 0 Å². The van der Waals surface area contributed by atoms with Crippen LogP contribution in [0.5, 0.6) is 0 Å². The first-order valence-corrected chi connectivity index (χ1v) is 15.1. The van der Waals surface area contributed by atoms with Gasteiger partial charge in [-0.05, 0) is 80.7 Å². The minimum atomic E-state index is -3.74. The van der Waals surface area contributed by atoms with E-state index in [1.165, 1.54) is 6.07 Å². The third-order valence-corrected chi connectivity index (χ3v) is 8.62. The Bertz CT molecular complexity index is 1470. The lowest BCUT2D eigenvalue weighted by molar-refractivity contribution is -0.115. The van der Waals surface area contributed by atoms with E-state index in [0.717, 1.165) is 49.7 Å². The number of hydrogen-bond acceptors (Lipinski definition) is 7. The van der Waals surface area contributed by atoms with Gasteiger partial charge in [-0.15, -0.1) is 0 Å². The number of hydrogen-bond donors (Lipinski definition) is 3. The number of carbonyl (C=O) groups excluding carboxylic acids is 1. The summed E-state index contributed by atoms with van der Waals surface area (Å²) >= 11 is 0. The summed E-state index contributed by atoms with van der Waals surface area (Å²) in [6.45, 7) is 4.92. The Kier molecular flexibility index (Phi) is 8.60. The second-order valence-electron chi connectivity index (χ2n) is 10.3. The Hall–Kier alpha value is -3.57. The minimum Gasteiger partial charge on any atom is -0.369 e. The van der Waals surface area contributed by atoms with Gasteiger partial charge in [0.25, 0.3) is 0 Å². The summed E-state index contributed by atoms with van der Waals surface area (Å²) in [4.78, 5) is 22.8. The van der Waals surface area contributed by atoms with Crippen LogP contribution in [0.1, 0.15) is 23.5 Å². The normalized spacial score (nSPS) is 17.7. The van der Waals surface area contributed by atoms with Crippen LogP contribution in [-0.4, -0.2) is 78.3 Å². The molecule has 0 aliphatic carbocycles. The number of nitrogens with one attached hydrogen (secondary N) is 3. The summed E-state index contributed by atoms with van der Waals surface area (Å²) in [7, 11) is 0.158. The molecule has 1 unspecified atom stereocenters. The highest BCUT2D eigenvalue weighted by molar-refractivity contribution is 7.89. The SMILES string of the molecule is CN(C)CCCNS(=O)(=O)c1ccc2c(c1)C(C(=Nc1ccc(N3CCNCC3)cc1)c1ccccc1)C(=O)N2. The van der Waals surface area contributed by atoms with Crippen molar-refractivity contribution in [3.63, 3.8) is 0 Å². The molecule has 1 fully saturated rings. The van der Waals surface area contributed by atoms with Crippen LogP contribution in [0.4, 0.5) is 17.1 Å². The molecule has 0 spiro atoms. The highest BCUT2D eigenvalue weighted by Crippen LogP contribution is 2.38. The predicted octanol–water partition coefficient (Wildman–Crippen LogP) is 3.18. The Morgan fingerprint density at radius 1 is 1.02 bits per heavy atom. The fourth-order valence-corrected chi connectivity index (χ4v) is 6.18. The molecule has 1 amide bonds. The van der Waals surface area contributed by atoms with E-state index in [1.807, 2.05) is 61.5 Å². The van der Waals surface area contributed by atoms with E-state index in [4.69, 9.17) is 4.99 Å². The van der Waals surface area contributed by atoms with Gasteiger partial charge in [0.1, 0.15) is 5.92 Å². The van der Waals surface area contributed by atoms with Crippen molar-refractivity contribution in [1.29, 1.82) is 0 Å². The molecule has 2 aliphatic heterocycles. The van der Waals surface area contributed by atoms with Crippen molar-refractivity contribution >= 4 is 38.7 Å². The zero-order valence-corrected chi connectivity index (χ0v) is 23.7. The summed E-state index contributed by atoms with van der Waals surface area (Å²) < 4.78 is 28.9. The molecule has 0 bridgehead atoms. The molecule has 10 heteroatoms. The summed E-state index contributed by atoms with van der Waals surface area (Å²) in [5, 5.41) is 6.29. The van der Waals surface area contributed by atoms with Crippen molar-refractivity contribution in [3.05, 3.63) is 83.9 Å². The molecule has 0 saturated carbocycles. The van der Waals surface area contributed by atoms with Gasteiger partial charge in [-0.1, -0.05) is 30.3 Å². The first kappa shape index (κ1) is 28.0. The number of anilines is 2. The van der Waals surface area contributed by atoms with Crippen LogP contribution in [0.25, 0.3) is 0 Å². The van der Waals surface area contributed by atoms with E-state index >= 15 is 0 Å². The number of benzene rings is 3. The van der Waals surface area contributed by atoms with Gasteiger partial charge in [0, 0.05) is 44.1 Å². The molecule has 210 valence electrons. The molecule has 3 aromatic carbocycles. The number of carbonyl (C=O) groups is 1. The van der Waals surface area contributed by atoms with Crippen molar-refractivity contribution < 1.29 is 13.2 Å². The van der Waals surface area contributed by atoms with Gasteiger partial charge in [-0.25, -0.2) is 13.1 Å². The lowest BCUT2D eigenvalue weighted by Gasteiger charge is -2.29. The third kappa shape index (κ3) is 6.42. The number of piperazine rings is 1. The van der Waals surface area contributed by atoms with E-state index in [-0.39, 0.29) is 10.8 Å². The molecule has 1 atom stereocenters. The molecule has 3 aromatic rings. The molecule has 40 heavy (non-hydrogen) atoms. The van der Waals surface area contributed by atoms with Gasteiger partial charge in [0.15, 0.2) is 0 Å². The molecule has 5 rings (SSSR count). The summed E-state index contributed by atoms with van der Waals surface area (Å²) in [6, 6.07) is 22.4. The van der Waals surface area contributed by atoms with Crippen molar-refractivity contribution in [2.75, 3.05) is 63.6 Å². The smallest absolute Gasteiger partial charge is 0.240 e. The highest BCUT2D eigenvalue weighted by atomic mass is 32.2. The number of aliphatic imine (C=N–C) groups is 1. The van der Waals surface area contributed by atoms with Gasteiger partial charge in [0.2, 0.25) is 15.9 Å². The van der Waals surface area contributed by atoms with Crippen LogP contribution < -0.4 is 20.3 Å². The Morgan fingerprint density at radius 2 is 1.75 bits per heavy atom. The zero-order valence-electron chi connectivity index (χ0n) is 22.9. The lowest BCUT2D eigenvalue weighted by atomic mass is 9.90. The molecule has 1 saturated heterocycles. The van der Waals surface area contributed by atoms with Gasteiger partial charge < -0.3 is 20.4 Å². The van der Waals surface area contributed by atoms with Crippen LogP contribution >= 0.6 is 0 Å². The standard InChI is InChI=1S/C30H36N6O3S/c1-35(2)18-6-15-32-40(38,39)25-13-14-27-26(21-25)28(30(37)34-27)29(22-7-4-3-5-8-22)33-23-9-11-24(12-10-23)36-19-16-31-17-20-36/h3-5,7-14,21,28,31-32H,6,15-20H2,1-2H3,(H,34,37). The molecule has 2 heterocycles. The Morgan fingerprint density at radius 3 is 2.45 bits per heavy atom. The van der Waals surface area contributed by atoms with Crippen LogP contribution in [-0.2, 0) is 14.8 Å². The number of amides is 1. The maximum Gasteiger partial charge on any atom is 0.240 e. The second kappa shape index (κ2) is 12.3. The zero-order chi connectivity index (χ0) is 28.1. The molecule has 2 aliphatic rings. The molecule has 3 N–H and O–H groups in total. The Balaban J connectivity index is 1.47. The topological polar surface area (TPSA) is 106 Å². The number of fused-ring (bicyclic) bond motifs is 1. The predicted molar refractivity (Wildman–Crippen MR) is 160 cm³/mol. The molecule has 0 radical (unpaired) electrons. The third-order valence-electron chi connectivity index (χ3n) is 7.16. The number of nitrogens with zero attached hydrogens (tertiary/aromatic N) is 3. The molecular weight excluding hydrogens is 524 g/mol. The molecular formula is C30H36N6O3S. The largest absolute Gasteiger partial charge is 0.369 e. The molecule has 0 aromatic heterocycles.